The van der Waals surface area contributed by atoms with Gasteiger partial charge >= 0.3 is 5.97 Å². The maximum atomic E-state index is 12.8. The Labute approximate surface area is 161 Å². The zero-order valence-electron chi connectivity index (χ0n) is 14.4. The highest BCUT2D eigenvalue weighted by Gasteiger charge is 2.48. The predicted molar refractivity (Wildman–Crippen MR) is 102 cm³/mol. The van der Waals surface area contributed by atoms with Gasteiger partial charge in [0, 0.05) is 23.0 Å². The molecule has 2 aliphatic rings. The van der Waals surface area contributed by atoms with Crippen molar-refractivity contribution in [1.29, 1.82) is 0 Å². The molecule has 0 aromatic heterocycles. The highest BCUT2D eigenvalue weighted by Crippen LogP contribution is 2.42. The van der Waals surface area contributed by atoms with E-state index in [0.717, 1.165) is 35.0 Å². The van der Waals surface area contributed by atoms with Gasteiger partial charge in [0.05, 0.1) is 12.1 Å². The second-order valence-electron chi connectivity index (χ2n) is 6.94. The molecule has 0 bridgehead atoms. The fourth-order valence-corrected chi connectivity index (χ4v) is 4.47. The van der Waals surface area contributed by atoms with Crippen LogP contribution in [0.1, 0.15) is 40.7 Å². The Balaban J connectivity index is 1.48. The van der Waals surface area contributed by atoms with Gasteiger partial charge in [-0.15, -0.1) is 0 Å². The maximum absolute atomic E-state index is 12.8. The van der Waals surface area contributed by atoms with E-state index < -0.39 is 5.60 Å². The average molecular weight is 414 g/mol. The van der Waals surface area contributed by atoms with E-state index in [1.165, 1.54) is 0 Å². The van der Waals surface area contributed by atoms with Crippen molar-refractivity contribution in [2.24, 2.45) is 0 Å². The molecule has 1 saturated heterocycles. The number of halogens is 1. The van der Waals surface area contributed by atoms with Crippen LogP contribution in [-0.4, -0.2) is 29.9 Å². The molecule has 2 aromatic rings. The summed E-state index contributed by atoms with van der Waals surface area (Å²) in [6, 6.07) is 15.5. The zero-order chi connectivity index (χ0) is 18.1. The molecule has 134 valence electrons. The van der Waals surface area contributed by atoms with E-state index in [4.69, 9.17) is 4.74 Å². The van der Waals surface area contributed by atoms with Gasteiger partial charge in [0.15, 0.2) is 5.60 Å². The minimum atomic E-state index is -0.672. The van der Waals surface area contributed by atoms with Gasteiger partial charge in [0.2, 0.25) is 5.91 Å². The van der Waals surface area contributed by atoms with Crippen molar-refractivity contribution in [2.75, 3.05) is 13.1 Å². The van der Waals surface area contributed by atoms with Crippen LogP contribution in [0.3, 0.4) is 0 Å². The van der Waals surface area contributed by atoms with Crippen molar-refractivity contribution < 1.29 is 14.3 Å². The van der Waals surface area contributed by atoms with Crippen LogP contribution in [0.5, 0.6) is 0 Å². The number of benzene rings is 2. The monoisotopic (exact) mass is 413 g/mol. The number of carbonyl (C=O) groups is 2. The van der Waals surface area contributed by atoms with Crippen molar-refractivity contribution in [2.45, 2.75) is 31.3 Å². The molecule has 4 nitrogen and oxygen atoms in total. The Bertz CT molecular complexity index is 866. The molecule has 2 aliphatic heterocycles. The van der Waals surface area contributed by atoms with E-state index in [0.29, 0.717) is 24.9 Å². The lowest BCUT2D eigenvalue weighted by Crippen LogP contribution is -2.48. The molecule has 0 radical (unpaired) electrons. The average Bonchev–Trinajstić information content (AvgIpc) is 2.93. The van der Waals surface area contributed by atoms with Crippen LogP contribution in [0.25, 0.3) is 0 Å². The normalized spacial score (nSPS) is 21.6. The molecule has 4 rings (SSSR count). The number of fused-ring (bicyclic) bond motifs is 2. The third-order valence-electron chi connectivity index (χ3n) is 5.30. The molecule has 0 unspecified atom stereocenters. The molecule has 1 fully saturated rings. The number of hydrogen-bond donors (Lipinski definition) is 0. The molecule has 0 N–H and O–H groups in total. The molecule has 1 amide bonds. The van der Waals surface area contributed by atoms with E-state index in [-0.39, 0.29) is 11.9 Å². The lowest BCUT2D eigenvalue weighted by Gasteiger charge is -2.39. The molecule has 2 aromatic carbocycles. The Morgan fingerprint density at radius 1 is 1.15 bits per heavy atom. The van der Waals surface area contributed by atoms with Crippen LogP contribution in [0.2, 0.25) is 0 Å². The number of piperidine rings is 1. The first-order chi connectivity index (χ1) is 12.6. The van der Waals surface area contributed by atoms with Gasteiger partial charge < -0.3 is 9.64 Å². The maximum Gasteiger partial charge on any atom is 0.339 e. The lowest BCUT2D eigenvalue weighted by molar-refractivity contribution is -0.138. The Kier molecular flexibility index (Phi) is 4.57. The third-order valence-corrected chi connectivity index (χ3v) is 6.07. The third kappa shape index (κ3) is 3.05. The molecular formula is C21H20BrNO3. The minimum Gasteiger partial charge on any atom is -0.449 e. The van der Waals surface area contributed by atoms with E-state index >= 15 is 0 Å². The first-order valence-electron chi connectivity index (χ1n) is 8.93. The number of ether oxygens (including phenoxy) is 1. The summed E-state index contributed by atoms with van der Waals surface area (Å²) < 4.78 is 6.81. The van der Waals surface area contributed by atoms with Crippen LogP contribution < -0.4 is 0 Å². The van der Waals surface area contributed by atoms with Gasteiger partial charge in [-0.05, 0) is 37.0 Å². The number of hydrogen-bond acceptors (Lipinski definition) is 3. The molecular weight excluding hydrogens is 394 g/mol. The predicted octanol–water partition coefficient (Wildman–Crippen LogP) is 4.07. The topological polar surface area (TPSA) is 46.6 Å². The summed E-state index contributed by atoms with van der Waals surface area (Å²) in [7, 11) is 0. The number of esters is 1. The van der Waals surface area contributed by atoms with Gasteiger partial charge in [-0.2, -0.15) is 0 Å². The molecule has 1 atom stereocenters. The SMILES string of the molecule is O=C1O[C@@]2(CCCN(C(=O)CCc3ccccc3Br)C2)c2ccccc21. The highest BCUT2D eigenvalue weighted by molar-refractivity contribution is 9.10. The summed E-state index contributed by atoms with van der Waals surface area (Å²) >= 11 is 3.53. The summed E-state index contributed by atoms with van der Waals surface area (Å²) in [5, 5.41) is 0. The molecule has 0 saturated carbocycles. The van der Waals surface area contributed by atoms with Crippen molar-refractivity contribution >= 4 is 27.8 Å². The first kappa shape index (κ1) is 17.3. The van der Waals surface area contributed by atoms with Crippen LogP contribution in [0.4, 0.5) is 0 Å². The highest BCUT2D eigenvalue weighted by atomic mass is 79.9. The number of carbonyl (C=O) groups excluding carboxylic acids is 2. The number of aryl methyl sites for hydroxylation is 1. The first-order valence-corrected chi connectivity index (χ1v) is 9.72. The fraction of sp³-hybridized carbons (Fsp3) is 0.333. The van der Waals surface area contributed by atoms with E-state index in [1.54, 1.807) is 6.07 Å². The minimum absolute atomic E-state index is 0.111. The molecule has 1 spiro atoms. The fourth-order valence-electron chi connectivity index (χ4n) is 3.98. The standard InChI is InChI=1S/C21H20BrNO3/c22-18-9-4-1-6-15(18)10-11-19(24)23-13-5-12-21(14-23)17-8-3-2-7-16(17)20(25)26-21/h1-4,6-9H,5,10-14H2/t21-/m1/s1. The number of likely N-dealkylation sites (tertiary alicyclic amines) is 1. The second-order valence-corrected chi connectivity index (χ2v) is 7.79. The van der Waals surface area contributed by atoms with E-state index in [1.807, 2.05) is 47.4 Å². The molecule has 26 heavy (non-hydrogen) atoms. The van der Waals surface area contributed by atoms with Crippen LogP contribution in [0.15, 0.2) is 53.0 Å². The number of rotatable bonds is 3. The number of amides is 1. The van der Waals surface area contributed by atoms with Crippen molar-refractivity contribution in [3.05, 3.63) is 69.7 Å². The molecule has 0 aliphatic carbocycles. The number of nitrogens with zero attached hydrogens (tertiary/aromatic N) is 1. The summed E-state index contributed by atoms with van der Waals surface area (Å²) in [5.74, 6) is -0.164. The van der Waals surface area contributed by atoms with Crippen LogP contribution in [0, 0.1) is 0 Å². The van der Waals surface area contributed by atoms with Gasteiger partial charge in [0.1, 0.15) is 0 Å². The van der Waals surface area contributed by atoms with Crippen LogP contribution >= 0.6 is 15.9 Å². The smallest absolute Gasteiger partial charge is 0.339 e. The van der Waals surface area contributed by atoms with Gasteiger partial charge in [-0.1, -0.05) is 52.3 Å². The van der Waals surface area contributed by atoms with Gasteiger partial charge in [-0.25, -0.2) is 4.79 Å². The Morgan fingerprint density at radius 3 is 2.77 bits per heavy atom. The van der Waals surface area contributed by atoms with Crippen LogP contribution in [-0.2, 0) is 21.6 Å². The lowest BCUT2D eigenvalue weighted by atomic mass is 9.85. The van der Waals surface area contributed by atoms with Crippen molar-refractivity contribution in [3.63, 3.8) is 0 Å². The van der Waals surface area contributed by atoms with Crippen molar-refractivity contribution in [3.8, 4) is 0 Å². The largest absolute Gasteiger partial charge is 0.449 e. The second kappa shape index (κ2) is 6.88. The zero-order valence-corrected chi connectivity index (χ0v) is 16.0. The summed E-state index contributed by atoms with van der Waals surface area (Å²) in [6.07, 6.45) is 2.75. The van der Waals surface area contributed by atoms with Gasteiger partial charge in [-0.3, -0.25) is 4.79 Å². The summed E-state index contributed by atoms with van der Waals surface area (Å²) in [4.78, 5) is 26.9. The quantitative estimate of drug-likeness (QED) is 0.712. The molecule has 2 heterocycles. The Morgan fingerprint density at radius 2 is 1.92 bits per heavy atom. The van der Waals surface area contributed by atoms with E-state index in [9.17, 15) is 9.59 Å². The van der Waals surface area contributed by atoms with Gasteiger partial charge in [0.25, 0.3) is 0 Å². The van der Waals surface area contributed by atoms with Crippen molar-refractivity contribution in [1.82, 2.24) is 4.90 Å². The summed E-state index contributed by atoms with van der Waals surface area (Å²) in [6.45, 7) is 1.17. The molecule has 5 heteroatoms. The van der Waals surface area contributed by atoms with E-state index in [2.05, 4.69) is 15.9 Å². The summed E-state index contributed by atoms with van der Waals surface area (Å²) in [5.41, 5.74) is 2.02. The Hall–Kier alpha value is -2.14.